The highest BCUT2D eigenvalue weighted by molar-refractivity contribution is 5.97. The third-order valence-corrected chi connectivity index (χ3v) is 7.04. The number of nitrogens with zero attached hydrogens (tertiary/aromatic N) is 5. The minimum Gasteiger partial charge on any atom is -0.456 e. The molecule has 39 heavy (non-hydrogen) atoms. The minimum atomic E-state index is -0.688. The fourth-order valence-corrected chi connectivity index (χ4v) is 4.80. The predicted octanol–water partition coefficient (Wildman–Crippen LogP) is 3.55. The lowest BCUT2D eigenvalue weighted by Gasteiger charge is -2.37. The molecular weight excluding hydrogens is 504 g/mol. The maximum Gasteiger partial charge on any atom is 0.343 e. The highest BCUT2D eigenvalue weighted by atomic mass is 19.1. The van der Waals surface area contributed by atoms with Gasteiger partial charge in [0.2, 0.25) is 5.43 Å². The molecule has 4 aromatic rings. The number of ether oxygens (including phenoxy) is 1. The third kappa shape index (κ3) is 5.56. The first-order valence-corrected chi connectivity index (χ1v) is 12.9. The average molecular weight is 537 g/mol. The van der Waals surface area contributed by atoms with Gasteiger partial charge in [-0.05, 0) is 42.5 Å². The van der Waals surface area contributed by atoms with Crippen LogP contribution in [-0.2, 0) is 11.8 Å². The molecule has 5 rings (SSSR count). The molecule has 1 saturated heterocycles. The van der Waals surface area contributed by atoms with Gasteiger partial charge in [-0.25, -0.2) is 18.6 Å². The Labute approximate surface area is 225 Å². The van der Waals surface area contributed by atoms with Gasteiger partial charge in [0.1, 0.15) is 36.0 Å². The quantitative estimate of drug-likeness (QED) is 0.213. The van der Waals surface area contributed by atoms with Crippen molar-refractivity contribution in [2.24, 2.45) is 7.05 Å². The molecule has 2 aromatic heterocycles. The Bertz CT molecular complexity index is 1600. The van der Waals surface area contributed by atoms with Gasteiger partial charge in [-0.1, -0.05) is 0 Å². The van der Waals surface area contributed by atoms with E-state index in [9.17, 15) is 14.0 Å². The van der Waals surface area contributed by atoms with Gasteiger partial charge in [-0.15, -0.1) is 0 Å². The number of hydrogen-bond acceptors (Lipinski definition) is 6. The molecule has 8 nitrogen and oxygen atoms in total. The summed E-state index contributed by atoms with van der Waals surface area (Å²) in [4.78, 5) is 34.6. The maximum absolute atomic E-state index is 15.3. The van der Waals surface area contributed by atoms with Crippen LogP contribution in [-0.4, -0.2) is 80.5 Å². The van der Waals surface area contributed by atoms with Crippen LogP contribution >= 0.6 is 0 Å². The molecule has 0 bridgehead atoms. The molecule has 0 amide bonds. The van der Waals surface area contributed by atoms with Gasteiger partial charge < -0.3 is 23.6 Å². The summed E-state index contributed by atoms with van der Waals surface area (Å²) in [7, 11) is 7.66. The zero-order valence-corrected chi connectivity index (χ0v) is 22.6. The SMILES string of the molecule is Cn1cc(C(=O)OCC[N+](C)(C)C)c(=O)c2cc3cc(F)c(N4CCN(c5ccc(F)cc5)CC4)cc3nc21. The smallest absolute Gasteiger partial charge is 0.343 e. The molecule has 1 fully saturated rings. The Hall–Kier alpha value is -4.05. The average Bonchev–Trinajstić information content (AvgIpc) is 2.89. The summed E-state index contributed by atoms with van der Waals surface area (Å²) in [5.41, 5.74) is 1.75. The first-order chi connectivity index (χ1) is 18.5. The Morgan fingerprint density at radius 3 is 2.33 bits per heavy atom. The van der Waals surface area contributed by atoms with Crippen molar-refractivity contribution in [1.82, 2.24) is 9.55 Å². The van der Waals surface area contributed by atoms with Gasteiger partial charge in [0, 0.05) is 50.5 Å². The van der Waals surface area contributed by atoms with Crippen molar-refractivity contribution in [2.45, 2.75) is 0 Å². The van der Waals surface area contributed by atoms with Gasteiger partial charge in [0.05, 0.1) is 37.7 Å². The molecule has 1 aliphatic rings. The second-order valence-corrected chi connectivity index (χ2v) is 10.9. The van der Waals surface area contributed by atoms with Gasteiger partial charge >= 0.3 is 5.97 Å². The summed E-state index contributed by atoms with van der Waals surface area (Å²) in [5.74, 6) is -1.38. The highest BCUT2D eigenvalue weighted by Crippen LogP contribution is 2.28. The normalized spacial score (nSPS) is 14.3. The van der Waals surface area contributed by atoms with Crippen LogP contribution in [0.2, 0.25) is 0 Å². The fraction of sp³-hybridized carbons (Fsp3) is 0.345. The predicted molar refractivity (Wildman–Crippen MR) is 148 cm³/mol. The van der Waals surface area contributed by atoms with E-state index >= 15 is 4.39 Å². The lowest BCUT2D eigenvalue weighted by atomic mass is 10.1. The van der Waals surface area contributed by atoms with E-state index in [0.717, 1.165) is 5.69 Å². The van der Waals surface area contributed by atoms with Gasteiger partial charge in [-0.2, -0.15) is 0 Å². The van der Waals surface area contributed by atoms with Crippen molar-refractivity contribution in [3.05, 3.63) is 76.1 Å². The molecule has 3 heterocycles. The number of esters is 1. The monoisotopic (exact) mass is 536 g/mol. The van der Waals surface area contributed by atoms with Crippen LogP contribution in [0.5, 0.6) is 0 Å². The number of quaternary nitrogens is 1. The summed E-state index contributed by atoms with van der Waals surface area (Å²) in [5, 5.41) is 0.701. The second-order valence-electron chi connectivity index (χ2n) is 10.9. The second kappa shape index (κ2) is 10.3. The van der Waals surface area contributed by atoms with E-state index in [1.165, 1.54) is 24.4 Å². The minimum absolute atomic E-state index is 0.0799. The Morgan fingerprint density at radius 2 is 1.67 bits per heavy atom. The van der Waals surface area contributed by atoms with Gasteiger partial charge in [0.15, 0.2) is 0 Å². The summed E-state index contributed by atoms with van der Waals surface area (Å²) >= 11 is 0. The van der Waals surface area contributed by atoms with Crippen LogP contribution in [0, 0.1) is 11.6 Å². The standard InChI is InChI=1S/C29H32F2N5O3/c1-33-18-23(29(38)39-14-13-36(2,3)4)27(37)22-15-19-16-24(31)26(17-25(19)32-28(22)33)35-11-9-34(10-12-35)21-7-5-20(30)6-8-21/h5-8,15-18H,9-14H2,1-4H3/q+1. The molecule has 0 aliphatic carbocycles. The number of likely N-dealkylation sites (N-methyl/N-ethyl adjacent to an activating group) is 1. The molecular formula is C29H32F2N5O3+. The molecule has 2 aromatic carbocycles. The molecule has 204 valence electrons. The first kappa shape index (κ1) is 26.6. The van der Waals surface area contributed by atoms with Crippen molar-refractivity contribution in [3.63, 3.8) is 0 Å². The number of pyridine rings is 2. The summed E-state index contributed by atoms with van der Waals surface area (Å²) in [6.07, 6.45) is 1.44. The molecule has 0 saturated carbocycles. The molecule has 0 unspecified atom stereocenters. The van der Waals surface area contributed by atoms with Crippen LogP contribution in [0.25, 0.3) is 21.9 Å². The number of carbonyl (C=O) groups is 1. The Morgan fingerprint density at radius 1 is 1.00 bits per heavy atom. The van der Waals surface area contributed by atoms with Crippen LogP contribution in [0.3, 0.4) is 0 Å². The van der Waals surface area contributed by atoms with Crippen LogP contribution in [0.4, 0.5) is 20.2 Å². The van der Waals surface area contributed by atoms with Crippen molar-refractivity contribution in [3.8, 4) is 0 Å². The van der Waals surface area contributed by atoms with Gasteiger partial charge in [0.25, 0.3) is 0 Å². The zero-order chi connectivity index (χ0) is 27.9. The van der Waals surface area contributed by atoms with Crippen LogP contribution < -0.4 is 15.2 Å². The highest BCUT2D eigenvalue weighted by Gasteiger charge is 2.22. The van der Waals surface area contributed by atoms with Crippen LogP contribution in [0.15, 0.2) is 53.5 Å². The van der Waals surface area contributed by atoms with E-state index in [1.807, 2.05) is 26.0 Å². The molecule has 0 N–H and O–H groups in total. The first-order valence-electron chi connectivity index (χ1n) is 12.9. The number of aryl methyl sites for hydroxylation is 1. The zero-order valence-electron chi connectivity index (χ0n) is 22.6. The largest absolute Gasteiger partial charge is 0.456 e. The van der Waals surface area contributed by atoms with Crippen molar-refractivity contribution in [2.75, 3.05) is 70.3 Å². The molecule has 1 aliphatic heterocycles. The molecule has 0 atom stereocenters. The summed E-state index contributed by atoms with van der Waals surface area (Å²) in [6.45, 7) is 3.30. The third-order valence-electron chi connectivity index (χ3n) is 7.04. The number of halogens is 2. The maximum atomic E-state index is 15.3. The number of aromatic nitrogens is 2. The van der Waals surface area contributed by atoms with E-state index in [2.05, 4.69) is 9.88 Å². The summed E-state index contributed by atoms with van der Waals surface area (Å²) < 4.78 is 36.2. The molecule has 0 radical (unpaired) electrons. The number of rotatable bonds is 6. The number of benzene rings is 2. The number of carbonyl (C=O) groups excluding carboxylic acids is 1. The van der Waals surface area contributed by atoms with E-state index in [4.69, 9.17) is 4.74 Å². The number of hydrogen-bond donors (Lipinski definition) is 0. The number of fused-ring (bicyclic) bond motifs is 2. The van der Waals surface area contributed by atoms with E-state index in [0.29, 0.717) is 59.4 Å². The lowest BCUT2D eigenvalue weighted by Crippen LogP contribution is -2.46. The van der Waals surface area contributed by atoms with Crippen molar-refractivity contribution in [1.29, 1.82) is 0 Å². The molecule has 10 heteroatoms. The molecule has 0 spiro atoms. The van der Waals surface area contributed by atoms with E-state index in [1.54, 1.807) is 35.9 Å². The Balaban J connectivity index is 1.41. The van der Waals surface area contributed by atoms with E-state index < -0.39 is 17.2 Å². The Kier molecular flexibility index (Phi) is 6.98. The van der Waals surface area contributed by atoms with E-state index in [-0.39, 0.29) is 23.4 Å². The van der Waals surface area contributed by atoms with Crippen molar-refractivity contribution < 1.29 is 22.8 Å². The lowest BCUT2D eigenvalue weighted by molar-refractivity contribution is -0.870. The van der Waals surface area contributed by atoms with Crippen LogP contribution in [0.1, 0.15) is 10.4 Å². The topological polar surface area (TPSA) is 67.7 Å². The summed E-state index contributed by atoms with van der Waals surface area (Å²) in [6, 6.07) is 11.0. The number of piperazine rings is 1. The fourth-order valence-electron chi connectivity index (χ4n) is 4.80. The van der Waals surface area contributed by atoms with Gasteiger partial charge in [-0.3, -0.25) is 4.79 Å². The van der Waals surface area contributed by atoms with Crippen molar-refractivity contribution >= 4 is 39.3 Å². The number of anilines is 2.